The van der Waals surface area contributed by atoms with E-state index in [1.54, 1.807) is 0 Å². The Morgan fingerprint density at radius 1 is 1.50 bits per heavy atom. The van der Waals surface area contributed by atoms with E-state index in [0.717, 1.165) is 12.3 Å². The van der Waals surface area contributed by atoms with Crippen molar-refractivity contribution in [3.8, 4) is 0 Å². The average Bonchev–Trinajstić information content (AvgIpc) is 2.97. The van der Waals surface area contributed by atoms with Crippen LogP contribution in [0.2, 0.25) is 0 Å². The summed E-state index contributed by atoms with van der Waals surface area (Å²) in [5, 5.41) is 3.34. The van der Waals surface area contributed by atoms with E-state index in [4.69, 9.17) is 4.74 Å². The Morgan fingerprint density at radius 2 is 2.14 bits per heavy atom. The summed E-state index contributed by atoms with van der Waals surface area (Å²) in [6, 6.07) is 0.329. The first kappa shape index (κ1) is 11.5. The first-order valence-electron chi connectivity index (χ1n) is 5.61. The van der Waals surface area contributed by atoms with Crippen molar-refractivity contribution in [3.63, 3.8) is 0 Å². The van der Waals surface area contributed by atoms with Gasteiger partial charge in [0.2, 0.25) is 0 Å². The molecule has 1 aliphatic rings. The van der Waals surface area contributed by atoms with E-state index in [2.05, 4.69) is 12.2 Å². The highest BCUT2D eigenvalue weighted by atomic mass is 16.5. The van der Waals surface area contributed by atoms with E-state index < -0.39 is 0 Å². The second kappa shape index (κ2) is 5.35. The third-order valence-corrected chi connectivity index (χ3v) is 2.77. The number of carbonyl (C=O) groups excluding carboxylic acids is 1. The highest BCUT2D eigenvalue weighted by molar-refractivity contribution is 5.75. The SMILES string of the molecule is CCOC(=O)C(CC)NC(C)C1CC1. The van der Waals surface area contributed by atoms with Crippen LogP contribution in [0.3, 0.4) is 0 Å². The Morgan fingerprint density at radius 3 is 2.57 bits per heavy atom. The van der Waals surface area contributed by atoms with Crippen LogP contribution in [0.4, 0.5) is 0 Å². The molecule has 3 nitrogen and oxygen atoms in total. The van der Waals surface area contributed by atoms with Crippen molar-refractivity contribution in [3.05, 3.63) is 0 Å². The van der Waals surface area contributed by atoms with Crippen molar-refractivity contribution in [2.75, 3.05) is 6.61 Å². The van der Waals surface area contributed by atoms with E-state index >= 15 is 0 Å². The van der Waals surface area contributed by atoms with Crippen LogP contribution in [0.25, 0.3) is 0 Å². The number of carbonyl (C=O) groups is 1. The number of ether oxygens (including phenoxy) is 1. The fourth-order valence-electron chi connectivity index (χ4n) is 1.65. The zero-order chi connectivity index (χ0) is 10.6. The summed E-state index contributed by atoms with van der Waals surface area (Å²) in [4.78, 5) is 11.5. The van der Waals surface area contributed by atoms with Crippen molar-refractivity contribution >= 4 is 5.97 Å². The second-order valence-electron chi connectivity index (χ2n) is 4.01. The first-order chi connectivity index (χ1) is 6.69. The molecule has 0 aliphatic heterocycles. The van der Waals surface area contributed by atoms with Gasteiger partial charge < -0.3 is 10.1 Å². The fourth-order valence-corrected chi connectivity index (χ4v) is 1.65. The molecule has 1 rings (SSSR count). The smallest absolute Gasteiger partial charge is 0.323 e. The van der Waals surface area contributed by atoms with Gasteiger partial charge in [-0.25, -0.2) is 0 Å². The molecule has 82 valence electrons. The number of hydrogen-bond donors (Lipinski definition) is 1. The Bertz CT molecular complexity index is 190. The minimum Gasteiger partial charge on any atom is -0.465 e. The molecule has 0 heterocycles. The molecule has 0 spiro atoms. The molecule has 0 aromatic heterocycles. The highest BCUT2D eigenvalue weighted by Gasteiger charge is 2.30. The lowest BCUT2D eigenvalue weighted by Crippen LogP contribution is -2.43. The van der Waals surface area contributed by atoms with Crippen LogP contribution in [0, 0.1) is 5.92 Å². The third kappa shape index (κ3) is 3.29. The number of rotatable bonds is 6. The van der Waals surface area contributed by atoms with Crippen LogP contribution in [-0.4, -0.2) is 24.7 Å². The quantitative estimate of drug-likeness (QED) is 0.662. The molecule has 1 aliphatic carbocycles. The molecule has 0 saturated heterocycles. The minimum atomic E-state index is -0.120. The molecular formula is C11H21NO2. The Balaban J connectivity index is 2.32. The molecule has 3 heteroatoms. The number of nitrogens with one attached hydrogen (secondary N) is 1. The van der Waals surface area contributed by atoms with Crippen LogP contribution in [0.15, 0.2) is 0 Å². The molecule has 1 fully saturated rings. The maximum Gasteiger partial charge on any atom is 0.323 e. The van der Waals surface area contributed by atoms with Crippen molar-refractivity contribution in [1.82, 2.24) is 5.32 Å². The zero-order valence-electron chi connectivity index (χ0n) is 9.38. The van der Waals surface area contributed by atoms with Gasteiger partial charge in [-0.2, -0.15) is 0 Å². The summed E-state index contributed by atoms with van der Waals surface area (Å²) in [7, 11) is 0. The molecule has 0 amide bonds. The number of hydrogen-bond acceptors (Lipinski definition) is 3. The van der Waals surface area contributed by atoms with Crippen molar-refractivity contribution in [2.24, 2.45) is 5.92 Å². The average molecular weight is 199 g/mol. The molecule has 2 atom stereocenters. The first-order valence-corrected chi connectivity index (χ1v) is 5.61. The van der Waals surface area contributed by atoms with E-state index in [-0.39, 0.29) is 12.0 Å². The Kier molecular flexibility index (Phi) is 4.39. The maximum absolute atomic E-state index is 11.5. The topological polar surface area (TPSA) is 38.3 Å². The normalized spacial score (nSPS) is 20.2. The van der Waals surface area contributed by atoms with Gasteiger partial charge in [-0.15, -0.1) is 0 Å². The van der Waals surface area contributed by atoms with Gasteiger partial charge in [-0.3, -0.25) is 4.79 Å². The van der Waals surface area contributed by atoms with Gasteiger partial charge in [0, 0.05) is 6.04 Å². The molecule has 0 aromatic carbocycles. The lowest BCUT2D eigenvalue weighted by atomic mass is 10.1. The van der Waals surface area contributed by atoms with E-state index in [1.165, 1.54) is 12.8 Å². The van der Waals surface area contributed by atoms with Gasteiger partial charge in [-0.1, -0.05) is 6.92 Å². The van der Waals surface area contributed by atoms with E-state index in [9.17, 15) is 4.79 Å². The molecule has 0 bridgehead atoms. The van der Waals surface area contributed by atoms with Crippen molar-refractivity contribution < 1.29 is 9.53 Å². The molecule has 0 aromatic rings. The highest BCUT2D eigenvalue weighted by Crippen LogP contribution is 2.32. The van der Waals surface area contributed by atoms with Crippen LogP contribution >= 0.6 is 0 Å². The summed E-state index contributed by atoms with van der Waals surface area (Å²) in [6.07, 6.45) is 3.40. The summed E-state index contributed by atoms with van der Waals surface area (Å²) < 4.78 is 4.99. The largest absolute Gasteiger partial charge is 0.465 e. The number of esters is 1. The zero-order valence-corrected chi connectivity index (χ0v) is 9.38. The Labute approximate surface area is 86.2 Å². The minimum absolute atomic E-state index is 0.109. The van der Waals surface area contributed by atoms with Gasteiger partial charge in [0.05, 0.1) is 6.61 Å². The predicted molar refractivity (Wildman–Crippen MR) is 56.0 cm³/mol. The van der Waals surface area contributed by atoms with Gasteiger partial charge in [0.1, 0.15) is 6.04 Å². The van der Waals surface area contributed by atoms with E-state index in [0.29, 0.717) is 12.6 Å². The van der Waals surface area contributed by atoms with E-state index in [1.807, 2.05) is 13.8 Å². The molecule has 2 unspecified atom stereocenters. The molecule has 1 saturated carbocycles. The monoisotopic (exact) mass is 199 g/mol. The van der Waals surface area contributed by atoms with Crippen molar-refractivity contribution in [1.29, 1.82) is 0 Å². The van der Waals surface area contributed by atoms with Crippen LogP contribution in [0.1, 0.15) is 40.0 Å². The van der Waals surface area contributed by atoms with Gasteiger partial charge in [0.25, 0.3) is 0 Å². The third-order valence-electron chi connectivity index (χ3n) is 2.77. The molecule has 1 N–H and O–H groups in total. The molecular weight excluding hydrogens is 178 g/mol. The molecule has 14 heavy (non-hydrogen) atoms. The van der Waals surface area contributed by atoms with Gasteiger partial charge in [-0.05, 0) is 39.0 Å². The lowest BCUT2D eigenvalue weighted by molar-refractivity contribution is -0.146. The Hall–Kier alpha value is -0.570. The lowest BCUT2D eigenvalue weighted by Gasteiger charge is -2.20. The van der Waals surface area contributed by atoms with Gasteiger partial charge >= 0.3 is 5.97 Å². The predicted octanol–water partition coefficient (Wildman–Crippen LogP) is 1.72. The second-order valence-corrected chi connectivity index (χ2v) is 4.01. The summed E-state index contributed by atoms with van der Waals surface area (Å²) in [5.41, 5.74) is 0. The summed E-state index contributed by atoms with van der Waals surface area (Å²) >= 11 is 0. The van der Waals surface area contributed by atoms with Crippen LogP contribution in [-0.2, 0) is 9.53 Å². The van der Waals surface area contributed by atoms with Crippen LogP contribution < -0.4 is 5.32 Å². The standard InChI is InChI=1S/C11H21NO2/c1-4-10(11(13)14-5-2)12-8(3)9-6-7-9/h8-10,12H,4-7H2,1-3H3. The van der Waals surface area contributed by atoms with Crippen LogP contribution in [0.5, 0.6) is 0 Å². The summed E-state index contributed by atoms with van der Waals surface area (Å²) in [5.74, 6) is 0.668. The van der Waals surface area contributed by atoms with Crippen molar-refractivity contribution in [2.45, 2.75) is 52.1 Å². The fraction of sp³-hybridized carbons (Fsp3) is 0.909. The maximum atomic E-state index is 11.5. The molecule has 0 radical (unpaired) electrons. The summed E-state index contributed by atoms with van der Waals surface area (Å²) in [6.45, 7) is 6.47. The van der Waals surface area contributed by atoms with Gasteiger partial charge in [0.15, 0.2) is 0 Å².